The Balaban J connectivity index is 1.83. The number of benzene rings is 1. The summed E-state index contributed by atoms with van der Waals surface area (Å²) >= 11 is 5.69. The van der Waals surface area contributed by atoms with Crippen molar-refractivity contribution in [2.75, 3.05) is 43.9 Å². The summed E-state index contributed by atoms with van der Waals surface area (Å²) in [6.07, 6.45) is 0.342. The molecule has 0 aromatic heterocycles. The molecule has 0 bridgehead atoms. The Bertz CT molecular complexity index is 493. The average Bonchev–Trinajstić information content (AvgIpc) is 2.45. The highest BCUT2D eigenvalue weighted by molar-refractivity contribution is 6.31. The summed E-state index contributed by atoms with van der Waals surface area (Å²) in [4.78, 5) is 13.7. The van der Waals surface area contributed by atoms with Crippen LogP contribution in [0.3, 0.4) is 0 Å². The number of halogens is 2. The van der Waals surface area contributed by atoms with Crippen LogP contribution < -0.4 is 11.1 Å². The van der Waals surface area contributed by atoms with Crippen LogP contribution in [-0.4, -0.2) is 43.7 Å². The van der Waals surface area contributed by atoms with Crippen LogP contribution >= 0.6 is 11.6 Å². The molecule has 1 aliphatic heterocycles. The van der Waals surface area contributed by atoms with E-state index in [9.17, 15) is 9.18 Å². The first-order valence-corrected chi connectivity index (χ1v) is 6.79. The van der Waals surface area contributed by atoms with Crippen molar-refractivity contribution in [2.24, 2.45) is 0 Å². The lowest BCUT2D eigenvalue weighted by Gasteiger charge is -2.27. The van der Waals surface area contributed by atoms with Gasteiger partial charge in [-0.15, -0.1) is 0 Å². The van der Waals surface area contributed by atoms with E-state index in [1.165, 1.54) is 6.07 Å². The van der Waals surface area contributed by atoms with Crippen LogP contribution in [0, 0.1) is 5.82 Å². The Morgan fingerprint density at radius 2 is 2.15 bits per heavy atom. The fourth-order valence-corrected chi connectivity index (χ4v) is 2.15. The standard InChI is InChI=1S/C13H17ClFN3O2/c14-9-7-12(11(16)8-10(9)15)17-2-1-13(19)18-3-5-20-6-4-18/h7-8,17H,1-6,16H2. The number of rotatable bonds is 4. The van der Waals surface area contributed by atoms with Crippen LogP contribution in [0.1, 0.15) is 6.42 Å². The van der Waals surface area contributed by atoms with E-state index < -0.39 is 5.82 Å². The lowest BCUT2D eigenvalue weighted by atomic mass is 10.2. The summed E-state index contributed by atoms with van der Waals surface area (Å²) in [5, 5.41) is 3.00. The molecule has 0 atom stereocenters. The van der Waals surface area contributed by atoms with E-state index in [0.29, 0.717) is 45.0 Å². The van der Waals surface area contributed by atoms with Crippen molar-refractivity contribution in [1.29, 1.82) is 0 Å². The molecule has 1 heterocycles. The fourth-order valence-electron chi connectivity index (χ4n) is 1.99. The molecular weight excluding hydrogens is 285 g/mol. The molecule has 3 N–H and O–H groups in total. The maximum absolute atomic E-state index is 13.1. The number of nitrogens with zero attached hydrogens (tertiary/aromatic N) is 1. The average molecular weight is 302 g/mol. The first kappa shape index (κ1) is 14.9. The largest absolute Gasteiger partial charge is 0.397 e. The van der Waals surface area contributed by atoms with E-state index in [1.54, 1.807) is 4.90 Å². The van der Waals surface area contributed by atoms with Crippen LogP contribution in [0.2, 0.25) is 5.02 Å². The van der Waals surface area contributed by atoms with Crippen molar-refractivity contribution in [1.82, 2.24) is 4.90 Å². The van der Waals surface area contributed by atoms with Gasteiger partial charge in [-0.25, -0.2) is 4.39 Å². The molecule has 1 aromatic rings. The van der Waals surface area contributed by atoms with Gasteiger partial charge in [-0.05, 0) is 6.07 Å². The molecular formula is C13H17ClFN3O2. The van der Waals surface area contributed by atoms with E-state index in [-0.39, 0.29) is 16.6 Å². The van der Waals surface area contributed by atoms with Gasteiger partial charge in [-0.1, -0.05) is 11.6 Å². The van der Waals surface area contributed by atoms with Crippen LogP contribution in [0.15, 0.2) is 12.1 Å². The SMILES string of the molecule is Nc1cc(F)c(Cl)cc1NCCC(=O)N1CCOCC1. The summed E-state index contributed by atoms with van der Waals surface area (Å²) in [5.41, 5.74) is 6.48. The van der Waals surface area contributed by atoms with Crippen molar-refractivity contribution < 1.29 is 13.9 Å². The van der Waals surface area contributed by atoms with Crippen molar-refractivity contribution in [3.63, 3.8) is 0 Å². The Hall–Kier alpha value is -1.53. The third-order valence-corrected chi connectivity index (χ3v) is 3.40. The predicted molar refractivity (Wildman–Crippen MR) is 76.3 cm³/mol. The van der Waals surface area contributed by atoms with Crippen LogP contribution in [-0.2, 0) is 9.53 Å². The summed E-state index contributed by atoms with van der Waals surface area (Å²) < 4.78 is 18.3. The second kappa shape index (κ2) is 6.76. The molecule has 1 saturated heterocycles. The zero-order valence-electron chi connectivity index (χ0n) is 11.0. The Morgan fingerprint density at radius 1 is 1.45 bits per heavy atom. The van der Waals surface area contributed by atoms with Gasteiger partial charge in [0.15, 0.2) is 0 Å². The molecule has 0 unspecified atom stereocenters. The fraction of sp³-hybridized carbons (Fsp3) is 0.462. The number of ether oxygens (including phenoxy) is 1. The van der Waals surface area contributed by atoms with E-state index in [1.807, 2.05) is 0 Å². The molecule has 5 nitrogen and oxygen atoms in total. The van der Waals surface area contributed by atoms with E-state index in [0.717, 1.165) is 6.07 Å². The van der Waals surface area contributed by atoms with Crippen LogP contribution in [0.5, 0.6) is 0 Å². The third-order valence-electron chi connectivity index (χ3n) is 3.11. The summed E-state index contributed by atoms with van der Waals surface area (Å²) in [6, 6.07) is 2.58. The van der Waals surface area contributed by atoms with Gasteiger partial charge in [0, 0.05) is 32.1 Å². The number of nitrogens with one attached hydrogen (secondary N) is 1. The van der Waals surface area contributed by atoms with Crippen LogP contribution in [0.4, 0.5) is 15.8 Å². The minimum absolute atomic E-state index is 0.00112. The number of morpholine rings is 1. The van der Waals surface area contributed by atoms with Crippen molar-refractivity contribution in [3.05, 3.63) is 23.0 Å². The highest BCUT2D eigenvalue weighted by Gasteiger charge is 2.16. The molecule has 0 spiro atoms. The molecule has 20 heavy (non-hydrogen) atoms. The summed E-state index contributed by atoms with van der Waals surface area (Å²) in [6.45, 7) is 2.84. The Morgan fingerprint density at radius 3 is 2.85 bits per heavy atom. The highest BCUT2D eigenvalue weighted by Crippen LogP contribution is 2.26. The van der Waals surface area contributed by atoms with Gasteiger partial charge in [0.1, 0.15) is 5.82 Å². The molecule has 1 aliphatic rings. The Kier molecular flexibility index (Phi) is 5.03. The summed E-state index contributed by atoms with van der Waals surface area (Å²) in [5.74, 6) is -0.494. The lowest BCUT2D eigenvalue weighted by Crippen LogP contribution is -2.41. The quantitative estimate of drug-likeness (QED) is 0.831. The molecule has 0 saturated carbocycles. The molecule has 1 fully saturated rings. The molecule has 0 aliphatic carbocycles. The number of hydrogen-bond acceptors (Lipinski definition) is 4. The number of nitrogens with two attached hydrogens (primary N) is 1. The minimum atomic E-state index is -0.556. The van der Waals surface area contributed by atoms with Crippen molar-refractivity contribution in [2.45, 2.75) is 6.42 Å². The smallest absolute Gasteiger partial charge is 0.224 e. The molecule has 7 heteroatoms. The monoisotopic (exact) mass is 301 g/mol. The molecule has 110 valence electrons. The second-order valence-corrected chi connectivity index (χ2v) is 4.93. The topological polar surface area (TPSA) is 67.6 Å². The summed E-state index contributed by atoms with van der Waals surface area (Å²) in [7, 11) is 0. The normalized spacial score (nSPS) is 15.2. The van der Waals surface area contributed by atoms with Gasteiger partial charge in [-0.2, -0.15) is 0 Å². The maximum Gasteiger partial charge on any atom is 0.224 e. The van der Waals surface area contributed by atoms with E-state index in [4.69, 9.17) is 22.1 Å². The van der Waals surface area contributed by atoms with Gasteiger partial charge >= 0.3 is 0 Å². The number of carbonyl (C=O) groups is 1. The number of anilines is 2. The first-order valence-electron chi connectivity index (χ1n) is 6.42. The number of hydrogen-bond donors (Lipinski definition) is 2. The molecule has 2 rings (SSSR count). The van der Waals surface area contributed by atoms with Crippen molar-refractivity contribution >= 4 is 28.9 Å². The minimum Gasteiger partial charge on any atom is -0.397 e. The van der Waals surface area contributed by atoms with Crippen molar-refractivity contribution in [3.8, 4) is 0 Å². The van der Waals surface area contributed by atoms with E-state index in [2.05, 4.69) is 5.32 Å². The first-order chi connectivity index (χ1) is 9.58. The molecule has 0 radical (unpaired) electrons. The molecule has 1 amide bonds. The number of amides is 1. The van der Waals surface area contributed by atoms with Gasteiger partial charge < -0.3 is 20.7 Å². The lowest BCUT2D eigenvalue weighted by molar-refractivity contribution is -0.134. The third kappa shape index (κ3) is 3.74. The number of carbonyl (C=O) groups excluding carboxylic acids is 1. The zero-order valence-corrected chi connectivity index (χ0v) is 11.8. The van der Waals surface area contributed by atoms with Gasteiger partial charge in [0.2, 0.25) is 5.91 Å². The van der Waals surface area contributed by atoms with Gasteiger partial charge in [0.25, 0.3) is 0 Å². The van der Waals surface area contributed by atoms with Gasteiger partial charge in [0.05, 0.1) is 29.6 Å². The number of nitrogen functional groups attached to an aromatic ring is 1. The zero-order chi connectivity index (χ0) is 14.5. The predicted octanol–water partition coefficient (Wildman–Crippen LogP) is 1.72. The maximum atomic E-state index is 13.1. The second-order valence-electron chi connectivity index (χ2n) is 4.52. The van der Waals surface area contributed by atoms with E-state index >= 15 is 0 Å². The Labute approximate surface area is 121 Å². The highest BCUT2D eigenvalue weighted by atomic mass is 35.5. The molecule has 1 aromatic carbocycles. The van der Waals surface area contributed by atoms with Gasteiger partial charge in [-0.3, -0.25) is 4.79 Å². The van der Waals surface area contributed by atoms with Crippen LogP contribution in [0.25, 0.3) is 0 Å².